The molecule has 0 amide bonds. The molecule has 5 heterocycles. The number of fused-ring (bicyclic) bond motifs is 11. The summed E-state index contributed by atoms with van der Waals surface area (Å²) in [5.41, 5.74) is 29.0. The first-order valence-corrected chi connectivity index (χ1v) is 28.2. The van der Waals surface area contributed by atoms with Gasteiger partial charge in [0.05, 0.1) is 22.4 Å². The van der Waals surface area contributed by atoms with Gasteiger partial charge >= 0.3 is 0 Å². The van der Waals surface area contributed by atoms with Gasteiger partial charge in [-0.1, -0.05) is 149 Å². The second kappa shape index (κ2) is 17.7. The molecule has 0 spiro atoms. The van der Waals surface area contributed by atoms with Crippen LogP contribution in [0.2, 0.25) is 0 Å². The zero-order valence-corrected chi connectivity index (χ0v) is 47.1. The first-order chi connectivity index (χ1) is 39.2. The minimum absolute atomic E-state index is 0.0972. The van der Waals surface area contributed by atoms with Gasteiger partial charge in [0.1, 0.15) is 22.2 Å². The largest absolute Gasteiger partial charge is 0.455 e. The molecule has 0 saturated carbocycles. The predicted octanol–water partition coefficient (Wildman–Crippen LogP) is 16.8. The van der Waals surface area contributed by atoms with Crippen LogP contribution in [-0.2, 0) is 5.41 Å². The number of hydrogen-bond donors (Lipinski definition) is 0. The Kier molecular flexibility index (Phi) is 10.6. The first-order valence-electron chi connectivity index (χ1n) is 28.2. The van der Waals surface area contributed by atoms with Crippen molar-refractivity contribution in [3.8, 4) is 16.8 Å². The number of para-hydroxylation sites is 5. The van der Waals surface area contributed by atoms with E-state index >= 15 is 0 Å². The van der Waals surface area contributed by atoms with Crippen LogP contribution >= 0.6 is 0 Å². The van der Waals surface area contributed by atoms with Crippen LogP contribution < -0.4 is 36.8 Å². The molecule has 390 valence electrons. The third kappa shape index (κ3) is 7.19. The summed E-state index contributed by atoms with van der Waals surface area (Å²) in [6.07, 6.45) is 1.92. The van der Waals surface area contributed by atoms with E-state index in [9.17, 15) is 0 Å². The molecule has 2 aliphatic heterocycles. The predicted molar refractivity (Wildman–Crippen MR) is 344 cm³/mol. The lowest BCUT2D eigenvalue weighted by Gasteiger charge is -2.46. The maximum absolute atomic E-state index is 6.66. The number of furan rings is 2. The second-order valence-electron chi connectivity index (χ2n) is 23.7. The van der Waals surface area contributed by atoms with Gasteiger partial charge in [-0.3, -0.25) is 0 Å². The van der Waals surface area contributed by atoms with Gasteiger partial charge < -0.3 is 23.2 Å². The number of aromatic nitrogens is 1. The van der Waals surface area contributed by atoms with Gasteiger partial charge in [0.15, 0.2) is 0 Å². The van der Waals surface area contributed by atoms with Gasteiger partial charge in [0.25, 0.3) is 6.71 Å². The van der Waals surface area contributed by atoms with Crippen LogP contribution in [0, 0.1) is 34.6 Å². The van der Waals surface area contributed by atoms with E-state index < -0.39 is 0 Å². The number of anilines is 6. The lowest BCUT2D eigenvalue weighted by Crippen LogP contribution is -2.61. The van der Waals surface area contributed by atoms with E-state index in [0.717, 1.165) is 99.5 Å². The highest BCUT2D eigenvalue weighted by Gasteiger charge is 2.45. The van der Waals surface area contributed by atoms with Crippen LogP contribution in [0.5, 0.6) is 0 Å². The van der Waals surface area contributed by atoms with Crippen LogP contribution in [0.4, 0.5) is 34.1 Å². The van der Waals surface area contributed by atoms with E-state index in [4.69, 9.17) is 8.83 Å². The van der Waals surface area contributed by atoms with Crippen molar-refractivity contribution < 1.29 is 8.83 Å². The minimum atomic E-state index is -0.103. The van der Waals surface area contributed by atoms with Gasteiger partial charge in [-0.05, 0) is 180 Å². The van der Waals surface area contributed by atoms with Crippen molar-refractivity contribution in [1.82, 2.24) is 4.57 Å². The molecule has 15 rings (SSSR count). The molecule has 0 saturated heterocycles. The Morgan fingerprint density at radius 1 is 0.506 bits per heavy atom. The number of aryl methyl sites for hydroxylation is 5. The molecule has 10 aromatic carbocycles. The van der Waals surface area contributed by atoms with Gasteiger partial charge in [0.2, 0.25) is 0 Å². The highest BCUT2D eigenvalue weighted by Crippen LogP contribution is 2.50. The summed E-state index contributed by atoms with van der Waals surface area (Å²) in [7, 11) is 0. The zero-order chi connectivity index (χ0) is 55.3. The van der Waals surface area contributed by atoms with E-state index in [0.29, 0.717) is 0 Å². The van der Waals surface area contributed by atoms with E-state index in [1.165, 1.54) is 77.7 Å². The van der Waals surface area contributed by atoms with Crippen LogP contribution in [0.3, 0.4) is 0 Å². The summed E-state index contributed by atoms with van der Waals surface area (Å²) < 4.78 is 15.7. The number of hydrogen-bond acceptors (Lipinski definition) is 4. The standard InChI is InChI=1S/C75H60BN3O2/c1-11-53(73-48(7)54-24-16-19-30-68(54)80-73)49-36-44(3)72(45(4)37-49)79-65-42-63-59(56-25-15-18-29-62(56)77(63)52-22-13-12-14-23-52)41-61(65)76-60-33-32-51(75(8,9)10)40-64(60)78(66-34-43(2)35-67(79)70(66)76)71-46(5)38-50(39-47(71)6)55-27-21-28-58-57-26-17-20-31-69(57)81-74(55)58/h11-42H,1,7H2,2-6,8-10H3/b73-53-. The normalized spacial score (nSPS) is 13.4. The molecule has 0 aliphatic carbocycles. The summed E-state index contributed by atoms with van der Waals surface area (Å²) >= 11 is 0. The fourth-order valence-corrected chi connectivity index (χ4v) is 14.0. The summed E-state index contributed by atoms with van der Waals surface area (Å²) in [6, 6.07) is 69.4. The summed E-state index contributed by atoms with van der Waals surface area (Å²) in [5.74, 6) is 0. The Hall–Kier alpha value is -9.52. The third-order valence-electron chi connectivity index (χ3n) is 17.5. The molecule has 0 atom stereocenters. The van der Waals surface area contributed by atoms with E-state index in [2.05, 4.69) is 247 Å². The number of benzene rings is 10. The average Bonchev–Trinajstić information content (AvgIpc) is 3.25. The molecule has 0 radical (unpaired) electrons. The maximum Gasteiger partial charge on any atom is 0.252 e. The molecule has 81 heavy (non-hydrogen) atoms. The second-order valence-corrected chi connectivity index (χ2v) is 23.7. The number of allylic oxidation sites excluding steroid dienone is 1. The van der Waals surface area contributed by atoms with Crippen LogP contribution in [0.1, 0.15) is 59.7 Å². The van der Waals surface area contributed by atoms with E-state index in [-0.39, 0.29) is 12.1 Å². The monoisotopic (exact) mass is 1050 g/mol. The third-order valence-corrected chi connectivity index (χ3v) is 17.5. The Bertz CT molecular complexity index is 4940. The number of rotatable bonds is 6. The first kappa shape index (κ1) is 48.6. The Morgan fingerprint density at radius 2 is 1.10 bits per heavy atom. The van der Waals surface area contributed by atoms with Gasteiger partial charge in [-0.2, -0.15) is 0 Å². The Labute approximate surface area is 472 Å². The van der Waals surface area contributed by atoms with Crippen molar-refractivity contribution >= 4 is 124 Å². The average molecular weight is 1050 g/mol. The van der Waals surface area contributed by atoms with Crippen LogP contribution in [0.25, 0.3) is 83.7 Å². The van der Waals surface area contributed by atoms with E-state index in [1.807, 2.05) is 30.3 Å². The molecule has 13 aromatic rings. The van der Waals surface area contributed by atoms with Crippen molar-refractivity contribution in [3.63, 3.8) is 0 Å². The molecule has 5 nitrogen and oxygen atoms in total. The van der Waals surface area contributed by atoms with Crippen LogP contribution in [-0.4, -0.2) is 11.3 Å². The van der Waals surface area contributed by atoms with Crippen molar-refractivity contribution in [2.24, 2.45) is 0 Å². The Morgan fingerprint density at radius 3 is 1.77 bits per heavy atom. The molecular weight excluding hydrogens is 986 g/mol. The van der Waals surface area contributed by atoms with Crippen LogP contribution in [0.15, 0.2) is 210 Å². The Balaban J connectivity index is 1.02. The molecule has 0 N–H and O–H groups in total. The van der Waals surface area contributed by atoms with Gasteiger partial charge in [-0.25, -0.2) is 0 Å². The van der Waals surface area contributed by atoms with Gasteiger partial charge in [0, 0.05) is 71.7 Å². The molecule has 0 bridgehead atoms. The summed E-state index contributed by atoms with van der Waals surface area (Å²) in [4.78, 5) is 5.22. The molecular formula is C75H60BN3O2. The smallest absolute Gasteiger partial charge is 0.252 e. The minimum Gasteiger partial charge on any atom is -0.455 e. The molecule has 3 aromatic heterocycles. The van der Waals surface area contributed by atoms with Crippen molar-refractivity contribution in [2.45, 2.75) is 60.8 Å². The quantitative estimate of drug-likeness (QED) is 0.156. The van der Waals surface area contributed by atoms with Gasteiger partial charge in [-0.15, -0.1) is 0 Å². The lowest BCUT2D eigenvalue weighted by molar-refractivity contribution is 0.573. The lowest BCUT2D eigenvalue weighted by atomic mass is 9.33. The fourth-order valence-electron chi connectivity index (χ4n) is 14.0. The molecule has 0 unspecified atom stereocenters. The fraction of sp³-hybridized carbons (Fsp3) is 0.120. The number of nitrogens with zero attached hydrogens (tertiary/aromatic N) is 3. The highest BCUT2D eigenvalue weighted by molar-refractivity contribution is 7.00. The summed E-state index contributed by atoms with van der Waals surface area (Å²) in [6.45, 7) is 27.1. The zero-order valence-electron chi connectivity index (χ0n) is 47.1. The molecule has 6 heteroatoms. The van der Waals surface area contributed by atoms with Crippen molar-refractivity contribution in [3.05, 3.63) is 250 Å². The van der Waals surface area contributed by atoms with Crippen molar-refractivity contribution in [2.75, 3.05) is 9.80 Å². The van der Waals surface area contributed by atoms with E-state index in [1.54, 1.807) is 0 Å². The topological polar surface area (TPSA) is 37.7 Å². The van der Waals surface area contributed by atoms with Crippen molar-refractivity contribution in [1.29, 1.82) is 0 Å². The molecule has 2 aliphatic rings. The maximum atomic E-state index is 6.66. The summed E-state index contributed by atoms with van der Waals surface area (Å²) in [5, 5.41) is 6.59. The SMILES string of the molecule is C=C/C(c1cc(C)c(N2c3cc4c(cc3B3c5ccc(C(C)(C)C)cc5N(c5c(C)cc(-c6cccc7c6oc6ccccc67)cc5C)c5cc(C)cc2c53)c2ccccc2n4-c2ccccc2)c(C)c1)=c1/oc2ccccc2c1=C. The molecule has 0 fully saturated rings. The highest BCUT2D eigenvalue weighted by atomic mass is 16.3.